The molecule has 1 aromatic carbocycles. The molecule has 0 unspecified atom stereocenters. The molecular weight excluding hydrogens is 486 g/mol. The van der Waals surface area contributed by atoms with E-state index in [4.69, 9.17) is 22.6 Å². The summed E-state index contributed by atoms with van der Waals surface area (Å²) in [4.78, 5) is 22.6. The van der Waals surface area contributed by atoms with Gasteiger partial charge >= 0.3 is 17.5 Å². The summed E-state index contributed by atoms with van der Waals surface area (Å²) >= 11 is -1.62. The second kappa shape index (κ2) is 11.5. The molecule has 0 aliphatic carbocycles. The number of likely N-dealkylation sites (tertiary alicyclic amines) is 1. The highest BCUT2D eigenvalue weighted by atomic mass is 32.2. The lowest BCUT2D eigenvalue weighted by molar-refractivity contribution is 0.0122. The van der Waals surface area contributed by atoms with Gasteiger partial charge in [-0.25, -0.2) is 14.8 Å². The van der Waals surface area contributed by atoms with Crippen LogP contribution in [-0.2, 0) is 30.9 Å². The van der Waals surface area contributed by atoms with Crippen LogP contribution in [0.25, 0.3) is 0 Å². The van der Waals surface area contributed by atoms with E-state index >= 15 is 0 Å². The summed E-state index contributed by atoms with van der Waals surface area (Å²) in [5.41, 5.74) is 1.30. The highest BCUT2D eigenvalue weighted by Gasteiger charge is 2.28. The first-order valence-electron chi connectivity index (χ1n) is 12.1. The summed E-state index contributed by atoms with van der Waals surface area (Å²) in [5, 5.41) is 0. The van der Waals surface area contributed by atoms with Crippen LogP contribution < -0.4 is 9.47 Å². The van der Waals surface area contributed by atoms with Gasteiger partial charge in [0.2, 0.25) is 11.8 Å². The van der Waals surface area contributed by atoms with Crippen LogP contribution in [-0.4, -0.2) is 63.2 Å². The largest absolute Gasteiger partial charge is 0.474 e. The van der Waals surface area contributed by atoms with Crippen molar-refractivity contribution in [2.45, 2.75) is 58.7 Å². The Morgan fingerprint density at radius 3 is 2.36 bits per heavy atom. The molecule has 0 atom stereocenters. The molecule has 0 spiro atoms. The van der Waals surface area contributed by atoms with Gasteiger partial charge in [0, 0.05) is 31.8 Å². The average molecular weight is 520 g/mol. The first kappa shape index (κ1) is 26.3. The second-order valence-electron chi connectivity index (χ2n) is 9.98. The zero-order valence-corrected chi connectivity index (χ0v) is 21.9. The van der Waals surface area contributed by atoms with Crippen molar-refractivity contribution < 1.29 is 31.6 Å². The number of hydrogen-bond acceptors (Lipinski definition) is 9. The van der Waals surface area contributed by atoms with Crippen molar-refractivity contribution in [1.82, 2.24) is 14.9 Å². The van der Waals surface area contributed by atoms with Crippen LogP contribution in [0.1, 0.15) is 44.7 Å². The van der Waals surface area contributed by atoms with Gasteiger partial charge in [-0.15, -0.1) is 0 Å². The van der Waals surface area contributed by atoms with Crippen molar-refractivity contribution in [2.24, 2.45) is 5.92 Å². The van der Waals surface area contributed by atoms with Gasteiger partial charge in [-0.3, -0.25) is 8.37 Å². The molecule has 1 aromatic heterocycles. The van der Waals surface area contributed by atoms with E-state index in [0.717, 1.165) is 12.0 Å². The van der Waals surface area contributed by atoms with E-state index in [0.29, 0.717) is 62.2 Å². The monoisotopic (exact) mass is 519 g/mol. The zero-order valence-electron chi connectivity index (χ0n) is 21.1. The predicted molar refractivity (Wildman–Crippen MR) is 132 cm³/mol. The van der Waals surface area contributed by atoms with E-state index in [2.05, 4.69) is 9.97 Å². The van der Waals surface area contributed by atoms with Gasteiger partial charge in [0.1, 0.15) is 23.8 Å². The number of benzene rings is 1. The fourth-order valence-electron chi connectivity index (χ4n) is 3.92. The molecule has 4 rings (SSSR count). The molecule has 0 saturated carbocycles. The first-order chi connectivity index (χ1) is 17.2. The predicted octanol–water partition coefficient (Wildman–Crippen LogP) is 4.14. The van der Waals surface area contributed by atoms with E-state index in [9.17, 15) is 9.00 Å². The highest BCUT2D eigenvalue weighted by molar-refractivity contribution is 7.75. The fourth-order valence-corrected chi connectivity index (χ4v) is 4.60. The first-order valence-corrected chi connectivity index (χ1v) is 13.1. The number of hydrogen-bond donors (Lipinski definition) is 0. The topological polar surface area (TPSA) is 109 Å². The summed E-state index contributed by atoms with van der Waals surface area (Å²) in [6.45, 7) is 9.40. The molecular formula is C25H33N3O7S. The van der Waals surface area contributed by atoms with Crippen molar-refractivity contribution in [3.8, 4) is 17.5 Å². The third kappa shape index (κ3) is 7.37. The lowest BCUT2D eigenvalue weighted by atomic mass is 10.0. The van der Waals surface area contributed by atoms with Crippen LogP contribution in [0.2, 0.25) is 0 Å². The number of nitrogens with zero attached hydrogens (tertiary/aromatic N) is 3. The standard InChI is InChI=1S/C25H33N3O7S/c1-17-22(33-20-7-5-18(6-8-20)13-19-14-31-36(30)32-15-19)26-16-27-23(17)34-21-9-11-28(12-10-21)24(29)35-25(2,3)4/h5-8,16,19,21H,9-15H2,1-4H3/t19-,36-. The molecule has 0 radical (unpaired) electrons. The number of rotatable bonds is 6. The molecule has 0 bridgehead atoms. The fraction of sp³-hybridized carbons (Fsp3) is 0.560. The van der Waals surface area contributed by atoms with E-state index in [-0.39, 0.29) is 18.1 Å². The van der Waals surface area contributed by atoms with Crippen LogP contribution in [0, 0.1) is 12.8 Å². The number of carbonyl (C=O) groups excluding carboxylic acids is 1. The molecule has 2 aliphatic heterocycles. The van der Waals surface area contributed by atoms with Crippen LogP contribution >= 0.6 is 0 Å². The molecule has 1 amide bonds. The van der Waals surface area contributed by atoms with Crippen LogP contribution in [0.15, 0.2) is 30.6 Å². The van der Waals surface area contributed by atoms with Crippen LogP contribution in [0.5, 0.6) is 17.5 Å². The van der Waals surface area contributed by atoms with Gasteiger partial charge in [0.15, 0.2) is 0 Å². The van der Waals surface area contributed by atoms with Crippen molar-refractivity contribution in [1.29, 1.82) is 0 Å². The molecule has 2 aliphatic rings. The van der Waals surface area contributed by atoms with E-state index in [1.54, 1.807) is 4.90 Å². The zero-order chi connectivity index (χ0) is 25.7. The maximum absolute atomic E-state index is 12.3. The SMILES string of the molecule is Cc1c(Oc2ccc(C[C@H]3CO[S@](=O)OC3)cc2)ncnc1OC1CCN(C(=O)OC(C)(C)C)CC1. The summed E-state index contributed by atoms with van der Waals surface area (Å²) in [5.74, 6) is 1.71. The molecule has 36 heavy (non-hydrogen) atoms. The summed E-state index contributed by atoms with van der Waals surface area (Å²) in [6.07, 6.45) is 3.21. The molecule has 10 nitrogen and oxygen atoms in total. The quantitative estimate of drug-likeness (QED) is 0.556. The van der Waals surface area contributed by atoms with Crippen LogP contribution in [0.4, 0.5) is 4.79 Å². The minimum absolute atomic E-state index is 0.0606. The highest BCUT2D eigenvalue weighted by Crippen LogP contribution is 2.30. The Morgan fingerprint density at radius 1 is 1.08 bits per heavy atom. The maximum atomic E-state index is 12.3. The number of ether oxygens (including phenoxy) is 3. The Morgan fingerprint density at radius 2 is 1.72 bits per heavy atom. The third-order valence-corrected chi connectivity index (χ3v) is 6.48. The Labute approximate surface area is 214 Å². The maximum Gasteiger partial charge on any atom is 0.410 e. The minimum atomic E-state index is -1.62. The molecule has 11 heteroatoms. The number of carbonyl (C=O) groups is 1. The van der Waals surface area contributed by atoms with Crippen molar-refractivity contribution >= 4 is 17.5 Å². The summed E-state index contributed by atoms with van der Waals surface area (Å²) < 4.78 is 38.9. The van der Waals surface area contributed by atoms with E-state index in [1.165, 1.54) is 6.33 Å². The Kier molecular flexibility index (Phi) is 8.43. The van der Waals surface area contributed by atoms with E-state index in [1.807, 2.05) is 52.0 Å². The van der Waals surface area contributed by atoms with Crippen LogP contribution in [0.3, 0.4) is 0 Å². The van der Waals surface area contributed by atoms with Gasteiger partial charge in [-0.1, -0.05) is 12.1 Å². The van der Waals surface area contributed by atoms with Gasteiger partial charge in [-0.2, -0.15) is 4.21 Å². The number of piperidine rings is 1. The normalized spacial score (nSPS) is 21.2. The van der Waals surface area contributed by atoms with Crippen molar-refractivity contribution in [3.05, 3.63) is 41.7 Å². The van der Waals surface area contributed by atoms with Gasteiger partial charge in [0.05, 0.1) is 18.8 Å². The van der Waals surface area contributed by atoms with E-state index < -0.39 is 17.0 Å². The number of amides is 1. The third-order valence-electron chi connectivity index (χ3n) is 5.83. The molecule has 2 fully saturated rings. The number of aromatic nitrogens is 2. The lowest BCUT2D eigenvalue weighted by Gasteiger charge is -2.33. The molecule has 2 aromatic rings. The second-order valence-corrected chi connectivity index (χ2v) is 10.9. The van der Waals surface area contributed by atoms with Crippen molar-refractivity contribution in [2.75, 3.05) is 26.3 Å². The lowest BCUT2D eigenvalue weighted by Crippen LogP contribution is -2.44. The Hall–Kier alpha value is -2.76. The van der Waals surface area contributed by atoms with Gasteiger partial charge in [0.25, 0.3) is 0 Å². The molecule has 2 saturated heterocycles. The Balaban J connectivity index is 1.30. The molecule has 196 valence electrons. The smallest absolute Gasteiger partial charge is 0.410 e. The summed E-state index contributed by atoms with van der Waals surface area (Å²) in [6, 6.07) is 7.72. The average Bonchev–Trinajstić information content (AvgIpc) is 2.84. The summed E-state index contributed by atoms with van der Waals surface area (Å²) in [7, 11) is 0. The molecule has 0 N–H and O–H groups in total. The van der Waals surface area contributed by atoms with Gasteiger partial charge in [-0.05, 0) is 51.8 Å². The van der Waals surface area contributed by atoms with Gasteiger partial charge < -0.3 is 19.1 Å². The van der Waals surface area contributed by atoms with Crippen molar-refractivity contribution in [3.63, 3.8) is 0 Å². The molecule has 3 heterocycles. The Bertz CT molecular complexity index is 1060. The minimum Gasteiger partial charge on any atom is -0.474 e.